The Kier molecular flexibility index (Phi) is 3.99. The van der Waals surface area contributed by atoms with Gasteiger partial charge in [-0.2, -0.15) is 4.98 Å². The molecular formula is C12H21N3O3. The Hall–Kier alpha value is -0.980. The zero-order valence-electron chi connectivity index (χ0n) is 10.9. The molecule has 1 heterocycles. The first-order chi connectivity index (χ1) is 8.61. The van der Waals surface area contributed by atoms with E-state index in [0.29, 0.717) is 11.7 Å². The summed E-state index contributed by atoms with van der Waals surface area (Å²) in [7, 11) is 1.67. The number of aliphatic hydroxyl groups is 1. The van der Waals surface area contributed by atoms with E-state index in [-0.39, 0.29) is 12.4 Å². The number of aromatic nitrogens is 2. The quantitative estimate of drug-likeness (QED) is 0.837. The molecule has 0 bridgehead atoms. The van der Waals surface area contributed by atoms with Crippen molar-refractivity contribution in [3.63, 3.8) is 0 Å². The zero-order valence-corrected chi connectivity index (χ0v) is 10.9. The molecule has 1 aliphatic rings. The second kappa shape index (κ2) is 5.34. The molecule has 1 aliphatic carbocycles. The van der Waals surface area contributed by atoms with Gasteiger partial charge in [0.15, 0.2) is 0 Å². The number of aliphatic hydroxyl groups excluding tert-OH is 1. The van der Waals surface area contributed by atoms with Gasteiger partial charge in [0.1, 0.15) is 11.7 Å². The fourth-order valence-corrected chi connectivity index (χ4v) is 2.40. The summed E-state index contributed by atoms with van der Waals surface area (Å²) in [6, 6.07) is 0. The van der Waals surface area contributed by atoms with Gasteiger partial charge in [-0.3, -0.25) is 0 Å². The molecular weight excluding hydrogens is 234 g/mol. The summed E-state index contributed by atoms with van der Waals surface area (Å²) in [4.78, 5) is 4.24. The maximum atomic E-state index is 9.58. The van der Waals surface area contributed by atoms with Gasteiger partial charge >= 0.3 is 0 Å². The summed E-state index contributed by atoms with van der Waals surface area (Å²) in [5.41, 5.74) is 4.90. The molecule has 0 aromatic carbocycles. The lowest BCUT2D eigenvalue weighted by atomic mass is 9.79. The van der Waals surface area contributed by atoms with Gasteiger partial charge < -0.3 is 20.1 Å². The topological polar surface area (TPSA) is 94.4 Å². The minimum atomic E-state index is -0.900. The first-order valence-corrected chi connectivity index (χ1v) is 6.38. The Bertz CT molecular complexity index is 386. The molecule has 2 rings (SSSR count). The number of methoxy groups -OCH3 is 1. The monoisotopic (exact) mass is 255 g/mol. The van der Waals surface area contributed by atoms with Crippen LogP contribution in [0.3, 0.4) is 0 Å². The summed E-state index contributed by atoms with van der Waals surface area (Å²) in [6.45, 7) is 2.30. The fourth-order valence-electron chi connectivity index (χ4n) is 2.40. The number of ether oxygens (including phenoxy) is 1. The summed E-state index contributed by atoms with van der Waals surface area (Å²) in [5, 5.41) is 13.5. The van der Waals surface area contributed by atoms with Gasteiger partial charge in [0.25, 0.3) is 5.89 Å². The predicted molar refractivity (Wildman–Crippen MR) is 64.6 cm³/mol. The van der Waals surface area contributed by atoms with E-state index in [4.69, 9.17) is 15.0 Å². The van der Waals surface area contributed by atoms with E-state index in [0.717, 1.165) is 25.7 Å². The third-order valence-electron chi connectivity index (χ3n) is 3.83. The molecule has 6 nitrogen and oxygen atoms in total. The van der Waals surface area contributed by atoms with Gasteiger partial charge in [0, 0.05) is 13.7 Å². The van der Waals surface area contributed by atoms with Gasteiger partial charge in [-0.05, 0) is 31.6 Å². The summed E-state index contributed by atoms with van der Waals surface area (Å²) >= 11 is 0. The Labute approximate surface area is 107 Å². The maximum absolute atomic E-state index is 9.58. The smallest absolute Gasteiger partial charge is 0.256 e. The lowest BCUT2D eigenvalue weighted by Crippen LogP contribution is -2.34. The molecule has 0 unspecified atom stereocenters. The van der Waals surface area contributed by atoms with Crippen LogP contribution in [-0.4, -0.2) is 28.9 Å². The summed E-state index contributed by atoms with van der Waals surface area (Å²) < 4.78 is 10.7. The van der Waals surface area contributed by atoms with Crippen molar-refractivity contribution in [1.29, 1.82) is 0 Å². The van der Waals surface area contributed by atoms with E-state index in [1.54, 1.807) is 7.11 Å². The standard InChI is InChI=1S/C12H21N3O3/c1-8-3-5-12(17-2,6-4-8)11-14-10(18-15-11)9(16)7-13/h8-9,16H,3-7,13H2,1-2H3/t8?,9-,12?/m0/s1. The largest absolute Gasteiger partial charge is 0.382 e. The Balaban J connectivity index is 2.20. The van der Waals surface area contributed by atoms with Crippen LogP contribution in [0.4, 0.5) is 0 Å². The summed E-state index contributed by atoms with van der Waals surface area (Å²) in [6.07, 6.45) is 3.02. The van der Waals surface area contributed by atoms with Gasteiger partial charge in [-0.25, -0.2) is 0 Å². The zero-order chi connectivity index (χ0) is 13.2. The lowest BCUT2D eigenvalue weighted by Gasteiger charge is -2.35. The molecule has 0 aliphatic heterocycles. The molecule has 18 heavy (non-hydrogen) atoms. The lowest BCUT2D eigenvalue weighted by molar-refractivity contribution is -0.0609. The molecule has 1 aromatic rings. The number of nitrogens with zero attached hydrogens (tertiary/aromatic N) is 2. The normalized spacial score (nSPS) is 30.3. The molecule has 1 atom stereocenters. The van der Waals surface area contributed by atoms with Crippen LogP contribution in [0.25, 0.3) is 0 Å². The van der Waals surface area contributed by atoms with Gasteiger partial charge in [-0.1, -0.05) is 12.1 Å². The average Bonchev–Trinajstić information content (AvgIpc) is 2.89. The molecule has 3 N–H and O–H groups in total. The number of hydrogen-bond acceptors (Lipinski definition) is 6. The predicted octanol–water partition coefficient (Wildman–Crippen LogP) is 1.11. The van der Waals surface area contributed by atoms with E-state index in [9.17, 15) is 5.11 Å². The van der Waals surface area contributed by atoms with Crippen LogP contribution in [0, 0.1) is 5.92 Å². The van der Waals surface area contributed by atoms with Crippen molar-refractivity contribution in [3.8, 4) is 0 Å². The molecule has 0 spiro atoms. The van der Waals surface area contributed by atoms with Gasteiger partial charge in [-0.15, -0.1) is 0 Å². The molecule has 102 valence electrons. The third kappa shape index (κ3) is 2.41. The summed E-state index contributed by atoms with van der Waals surface area (Å²) in [5.74, 6) is 1.40. The van der Waals surface area contributed by atoms with Crippen LogP contribution in [0.15, 0.2) is 4.52 Å². The van der Waals surface area contributed by atoms with E-state index in [1.807, 2.05) is 0 Å². The maximum Gasteiger partial charge on any atom is 0.256 e. The fraction of sp³-hybridized carbons (Fsp3) is 0.833. The van der Waals surface area contributed by atoms with Crippen molar-refractivity contribution in [2.45, 2.75) is 44.3 Å². The van der Waals surface area contributed by atoms with Crippen molar-refractivity contribution >= 4 is 0 Å². The molecule has 0 amide bonds. The van der Waals surface area contributed by atoms with Gasteiger partial charge in [0.2, 0.25) is 5.82 Å². The van der Waals surface area contributed by atoms with Crippen molar-refractivity contribution in [2.24, 2.45) is 11.7 Å². The van der Waals surface area contributed by atoms with E-state index < -0.39 is 11.7 Å². The number of rotatable bonds is 4. The highest BCUT2D eigenvalue weighted by molar-refractivity contribution is 5.04. The molecule has 6 heteroatoms. The van der Waals surface area contributed by atoms with E-state index >= 15 is 0 Å². The minimum Gasteiger partial charge on any atom is -0.382 e. The molecule has 0 saturated heterocycles. The van der Waals surface area contributed by atoms with Crippen LogP contribution in [-0.2, 0) is 10.3 Å². The van der Waals surface area contributed by atoms with Crippen LogP contribution in [0.2, 0.25) is 0 Å². The number of nitrogens with two attached hydrogens (primary N) is 1. The Morgan fingerprint density at radius 2 is 2.22 bits per heavy atom. The van der Waals surface area contributed by atoms with E-state index in [1.165, 1.54) is 0 Å². The second-order valence-electron chi connectivity index (χ2n) is 5.09. The van der Waals surface area contributed by atoms with Crippen LogP contribution in [0.1, 0.15) is 50.4 Å². The van der Waals surface area contributed by atoms with Crippen molar-refractivity contribution in [1.82, 2.24) is 10.1 Å². The van der Waals surface area contributed by atoms with Crippen molar-refractivity contribution in [2.75, 3.05) is 13.7 Å². The molecule has 1 aromatic heterocycles. The highest BCUT2D eigenvalue weighted by atomic mass is 16.5. The van der Waals surface area contributed by atoms with Crippen molar-refractivity contribution < 1.29 is 14.4 Å². The molecule has 1 saturated carbocycles. The Morgan fingerprint density at radius 1 is 1.56 bits per heavy atom. The minimum absolute atomic E-state index is 0.0681. The Morgan fingerprint density at radius 3 is 2.78 bits per heavy atom. The highest BCUT2D eigenvalue weighted by Gasteiger charge is 2.40. The van der Waals surface area contributed by atoms with Crippen LogP contribution in [0.5, 0.6) is 0 Å². The first-order valence-electron chi connectivity index (χ1n) is 6.38. The SMILES string of the molecule is COC1(c2noc([C@@H](O)CN)n2)CCC(C)CC1. The first kappa shape index (κ1) is 13.5. The van der Waals surface area contributed by atoms with Crippen molar-refractivity contribution in [3.05, 3.63) is 11.7 Å². The van der Waals surface area contributed by atoms with Crippen LogP contribution < -0.4 is 5.73 Å². The van der Waals surface area contributed by atoms with E-state index in [2.05, 4.69) is 17.1 Å². The van der Waals surface area contributed by atoms with Crippen LogP contribution >= 0.6 is 0 Å². The highest BCUT2D eigenvalue weighted by Crippen LogP contribution is 2.40. The average molecular weight is 255 g/mol. The number of hydrogen-bond donors (Lipinski definition) is 2. The second-order valence-corrected chi connectivity index (χ2v) is 5.09. The third-order valence-corrected chi connectivity index (χ3v) is 3.83. The molecule has 1 fully saturated rings. The van der Waals surface area contributed by atoms with Gasteiger partial charge in [0.05, 0.1) is 0 Å². The molecule has 0 radical (unpaired) electrons.